The van der Waals surface area contributed by atoms with E-state index in [4.69, 9.17) is 4.74 Å². The normalized spacial score (nSPS) is 14.0. The van der Waals surface area contributed by atoms with Crippen LogP contribution in [0.2, 0.25) is 0 Å². The van der Waals surface area contributed by atoms with E-state index in [0.29, 0.717) is 45.9 Å². The molecule has 5 nitrogen and oxygen atoms in total. The summed E-state index contributed by atoms with van der Waals surface area (Å²) in [5.41, 5.74) is 2.17. The Kier molecular flexibility index (Phi) is 4.81. The van der Waals surface area contributed by atoms with Gasteiger partial charge in [-0.05, 0) is 54.7 Å². The minimum Gasteiger partial charge on any atom is -0.495 e. The molecule has 0 spiro atoms. The number of ether oxygens (including phenoxy) is 1. The van der Waals surface area contributed by atoms with Crippen molar-refractivity contribution < 1.29 is 18.3 Å². The molecule has 0 saturated heterocycles. The monoisotopic (exact) mass is 383 g/mol. The van der Waals surface area contributed by atoms with E-state index in [1.165, 1.54) is 13.2 Å². The van der Waals surface area contributed by atoms with E-state index in [-0.39, 0.29) is 5.91 Å². The predicted octanol–water partition coefficient (Wildman–Crippen LogP) is 4.16. The second-order valence-corrected chi connectivity index (χ2v) is 6.84. The topological polar surface area (TPSA) is 67.0 Å². The van der Waals surface area contributed by atoms with Crippen molar-refractivity contribution in [3.05, 3.63) is 58.8 Å². The van der Waals surface area contributed by atoms with Gasteiger partial charge in [-0.15, -0.1) is 0 Å². The number of nitrogens with one attached hydrogen (secondary N) is 2. The maximum atomic E-state index is 13.4. The first kappa shape index (κ1) is 18.2. The molecule has 0 atom stereocenters. The maximum Gasteiger partial charge on any atom is 0.255 e. The van der Waals surface area contributed by atoms with Crippen molar-refractivity contribution >= 4 is 29.0 Å². The Hall–Kier alpha value is -3.22. The summed E-state index contributed by atoms with van der Waals surface area (Å²) in [5.74, 6) is -1.01. The Labute approximate surface area is 160 Å². The fourth-order valence-corrected chi connectivity index (χ4v) is 3.06. The summed E-state index contributed by atoms with van der Waals surface area (Å²) in [7, 11) is 1.50. The van der Waals surface area contributed by atoms with Gasteiger partial charge in [0.2, 0.25) is 0 Å². The molecule has 1 aliphatic rings. The molecular formula is C21H19F2N3O2. The number of aromatic nitrogens is 2. The second kappa shape index (κ2) is 7.42. The van der Waals surface area contributed by atoms with Gasteiger partial charge in [-0.3, -0.25) is 9.89 Å². The number of amides is 1. The Morgan fingerprint density at radius 2 is 2.07 bits per heavy atom. The van der Waals surface area contributed by atoms with Crippen LogP contribution in [0.3, 0.4) is 0 Å². The van der Waals surface area contributed by atoms with E-state index in [0.717, 1.165) is 25.0 Å². The van der Waals surface area contributed by atoms with Gasteiger partial charge in [0.25, 0.3) is 5.91 Å². The molecule has 0 bridgehead atoms. The van der Waals surface area contributed by atoms with Crippen molar-refractivity contribution in [2.24, 2.45) is 5.92 Å². The largest absolute Gasteiger partial charge is 0.495 e. The van der Waals surface area contributed by atoms with Gasteiger partial charge in [0.1, 0.15) is 5.75 Å². The number of nitrogens with zero attached hydrogens (tertiary/aromatic N) is 1. The number of benzene rings is 2. The van der Waals surface area contributed by atoms with E-state index in [1.54, 1.807) is 24.3 Å². The summed E-state index contributed by atoms with van der Waals surface area (Å²) < 4.78 is 32.0. The van der Waals surface area contributed by atoms with Gasteiger partial charge in [-0.25, -0.2) is 8.78 Å². The molecule has 1 amide bonds. The van der Waals surface area contributed by atoms with Crippen LogP contribution in [0.1, 0.15) is 34.5 Å². The average Bonchev–Trinajstić information content (AvgIpc) is 3.44. The Morgan fingerprint density at radius 1 is 1.25 bits per heavy atom. The Morgan fingerprint density at radius 3 is 2.79 bits per heavy atom. The van der Waals surface area contributed by atoms with Crippen molar-refractivity contribution in [2.45, 2.75) is 12.8 Å². The van der Waals surface area contributed by atoms with Crippen LogP contribution in [-0.4, -0.2) is 29.8 Å². The zero-order chi connectivity index (χ0) is 19.7. The number of methoxy groups -OCH3 is 1. The van der Waals surface area contributed by atoms with Crippen LogP contribution in [0.25, 0.3) is 23.1 Å². The molecule has 0 aliphatic heterocycles. The van der Waals surface area contributed by atoms with E-state index in [1.807, 2.05) is 0 Å². The van der Waals surface area contributed by atoms with Crippen molar-refractivity contribution in [3.8, 4) is 5.75 Å². The minimum absolute atomic E-state index is 0.192. The third-order valence-corrected chi connectivity index (χ3v) is 4.78. The van der Waals surface area contributed by atoms with Gasteiger partial charge >= 0.3 is 0 Å². The summed E-state index contributed by atoms with van der Waals surface area (Å²) in [5, 5.41) is 10.7. The van der Waals surface area contributed by atoms with Crippen LogP contribution >= 0.6 is 0 Å². The van der Waals surface area contributed by atoms with Gasteiger partial charge in [-0.2, -0.15) is 5.10 Å². The number of halogens is 2. The highest BCUT2D eigenvalue weighted by Gasteiger charge is 2.24. The number of aromatic amines is 1. The number of fused-ring (bicyclic) bond motifs is 1. The number of carbonyl (C=O) groups is 1. The zero-order valence-electron chi connectivity index (χ0n) is 15.3. The van der Waals surface area contributed by atoms with Gasteiger partial charge in [0.05, 0.1) is 29.3 Å². The highest BCUT2D eigenvalue weighted by atomic mass is 19.2. The summed E-state index contributed by atoms with van der Waals surface area (Å²) in [6.45, 7) is 0.661. The molecule has 1 aromatic heterocycles. The van der Waals surface area contributed by atoms with Crippen LogP contribution in [0, 0.1) is 17.6 Å². The molecule has 2 N–H and O–H groups in total. The fourth-order valence-electron chi connectivity index (χ4n) is 3.06. The molecule has 7 heteroatoms. The third kappa shape index (κ3) is 3.60. The quantitative estimate of drug-likeness (QED) is 0.672. The molecule has 28 heavy (non-hydrogen) atoms. The van der Waals surface area contributed by atoms with Gasteiger partial charge in [0, 0.05) is 6.54 Å². The lowest BCUT2D eigenvalue weighted by atomic mass is 10.1. The molecule has 3 aromatic rings. The summed E-state index contributed by atoms with van der Waals surface area (Å²) in [6, 6.07) is 7.11. The van der Waals surface area contributed by atoms with Crippen LogP contribution in [0.15, 0.2) is 30.3 Å². The van der Waals surface area contributed by atoms with Crippen LogP contribution < -0.4 is 10.1 Å². The van der Waals surface area contributed by atoms with Gasteiger partial charge in [0.15, 0.2) is 11.6 Å². The van der Waals surface area contributed by atoms with Gasteiger partial charge in [-0.1, -0.05) is 12.1 Å². The summed E-state index contributed by atoms with van der Waals surface area (Å²) >= 11 is 0. The van der Waals surface area contributed by atoms with Crippen LogP contribution in [0.5, 0.6) is 5.75 Å². The molecule has 0 radical (unpaired) electrons. The smallest absolute Gasteiger partial charge is 0.255 e. The first-order valence-electron chi connectivity index (χ1n) is 9.03. The Balaban J connectivity index is 1.68. The average molecular weight is 383 g/mol. The van der Waals surface area contributed by atoms with Crippen molar-refractivity contribution in [1.82, 2.24) is 15.5 Å². The molecule has 0 unspecified atom stereocenters. The number of H-pyrrole nitrogens is 1. The standard InChI is InChI=1S/C21H19F2N3O2/c1-28-20-14(21(27)24-11-13-2-3-13)6-9-18-19(20)17(25-26-18)8-5-12-4-7-15(22)16(23)10-12/h4-10,13H,2-3,11H2,1H3,(H,24,27)(H,25,26). The number of hydrogen-bond donors (Lipinski definition) is 2. The fraction of sp³-hybridized carbons (Fsp3) is 0.238. The van der Waals surface area contributed by atoms with E-state index in [2.05, 4.69) is 15.5 Å². The second-order valence-electron chi connectivity index (χ2n) is 6.84. The molecule has 4 rings (SSSR count). The molecule has 2 aromatic carbocycles. The van der Waals surface area contributed by atoms with Crippen LogP contribution in [0.4, 0.5) is 8.78 Å². The first-order valence-corrected chi connectivity index (χ1v) is 9.03. The highest BCUT2D eigenvalue weighted by molar-refractivity contribution is 6.05. The number of rotatable bonds is 6. The Bertz CT molecular complexity index is 1070. The zero-order valence-corrected chi connectivity index (χ0v) is 15.3. The molecule has 1 fully saturated rings. The van der Waals surface area contributed by atoms with E-state index < -0.39 is 11.6 Å². The first-order chi connectivity index (χ1) is 13.6. The summed E-state index contributed by atoms with van der Waals surface area (Å²) in [6.07, 6.45) is 5.59. The van der Waals surface area contributed by atoms with Gasteiger partial charge < -0.3 is 10.1 Å². The van der Waals surface area contributed by atoms with Crippen molar-refractivity contribution in [3.63, 3.8) is 0 Å². The lowest BCUT2D eigenvalue weighted by Gasteiger charge is -2.10. The van der Waals surface area contributed by atoms with Crippen molar-refractivity contribution in [2.75, 3.05) is 13.7 Å². The molecular weight excluding hydrogens is 364 g/mol. The number of hydrogen-bond acceptors (Lipinski definition) is 3. The van der Waals surface area contributed by atoms with E-state index in [9.17, 15) is 13.6 Å². The molecule has 1 aliphatic carbocycles. The van der Waals surface area contributed by atoms with Crippen LogP contribution in [-0.2, 0) is 0 Å². The van der Waals surface area contributed by atoms with E-state index >= 15 is 0 Å². The SMILES string of the molecule is COc1c(C(=O)NCC2CC2)ccc2[nH]nc(C=Cc3ccc(F)c(F)c3)c12. The predicted molar refractivity (Wildman–Crippen MR) is 103 cm³/mol. The molecule has 144 valence electrons. The third-order valence-electron chi connectivity index (χ3n) is 4.78. The summed E-state index contributed by atoms with van der Waals surface area (Å²) in [4.78, 5) is 12.6. The molecule has 1 saturated carbocycles. The maximum absolute atomic E-state index is 13.4. The van der Waals surface area contributed by atoms with Crippen molar-refractivity contribution in [1.29, 1.82) is 0 Å². The lowest BCUT2D eigenvalue weighted by molar-refractivity contribution is 0.0949. The lowest BCUT2D eigenvalue weighted by Crippen LogP contribution is -2.26. The number of carbonyl (C=O) groups excluding carboxylic acids is 1. The highest BCUT2D eigenvalue weighted by Crippen LogP contribution is 2.33. The molecule has 1 heterocycles. The minimum atomic E-state index is -0.916.